The van der Waals surface area contributed by atoms with Crippen molar-refractivity contribution in [3.8, 4) is 0 Å². The van der Waals surface area contributed by atoms with E-state index in [1.807, 2.05) is 0 Å². The van der Waals surface area contributed by atoms with Gasteiger partial charge in [0, 0.05) is 17.3 Å². The van der Waals surface area contributed by atoms with Crippen LogP contribution in [0, 0.1) is 0 Å². The Balaban J connectivity index is 3.04. The van der Waals surface area contributed by atoms with Gasteiger partial charge in [0.15, 0.2) is 0 Å². The summed E-state index contributed by atoms with van der Waals surface area (Å²) in [6.45, 7) is 9.29. The first-order chi connectivity index (χ1) is 6.06. The monoisotopic (exact) mass is 198 g/mol. The van der Waals surface area contributed by atoms with Crippen molar-refractivity contribution in [1.82, 2.24) is 4.98 Å². The maximum atomic E-state index is 5.67. The third-order valence-electron chi connectivity index (χ3n) is 1.97. The van der Waals surface area contributed by atoms with E-state index in [1.165, 1.54) is 15.6 Å². The van der Waals surface area contributed by atoms with Crippen LogP contribution < -0.4 is 5.73 Å². The highest BCUT2D eigenvalue weighted by Crippen LogP contribution is 2.28. The average Bonchev–Trinajstić information content (AvgIpc) is 2.47. The summed E-state index contributed by atoms with van der Waals surface area (Å²) in [4.78, 5) is 5.87. The lowest BCUT2D eigenvalue weighted by Gasteiger charge is -2.01. The lowest BCUT2D eigenvalue weighted by atomic mass is 10.1. The highest BCUT2D eigenvalue weighted by molar-refractivity contribution is 7.11. The molecule has 0 aromatic carbocycles. The first kappa shape index (κ1) is 10.7. The van der Waals surface area contributed by atoms with Crippen LogP contribution in [-0.4, -0.2) is 4.98 Å². The number of rotatable bonds is 3. The molecule has 2 N–H and O–H groups in total. The van der Waals surface area contributed by atoms with Gasteiger partial charge in [-0.25, -0.2) is 4.98 Å². The molecule has 1 heterocycles. The van der Waals surface area contributed by atoms with E-state index in [4.69, 9.17) is 5.73 Å². The summed E-state index contributed by atoms with van der Waals surface area (Å²) in [5.41, 5.74) is 6.86. The summed E-state index contributed by atoms with van der Waals surface area (Å²) >= 11 is 1.76. The summed E-state index contributed by atoms with van der Waals surface area (Å²) in [5.74, 6) is 1.00. The molecule has 0 amide bonds. The van der Waals surface area contributed by atoms with Crippen LogP contribution in [-0.2, 0) is 6.54 Å². The smallest absolute Gasteiger partial charge is 0.0957 e. The Kier molecular flexibility index (Phi) is 3.45. The molecule has 13 heavy (non-hydrogen) atoms. The number of hydrogen-bond donors (Lipinski definition) is 1. The van der Waals surface area contributed by atoms with Crippen molar-refractivity contribution < 1.29 is 0 Å². The number of thiazole rings is 1. The molecule has 0 aliphatic carbocycles. The van der Waals surface area contributed by atoms with Crippen LogP contribution in [0.2, 0.25) is 0 Å². The van der Waals surface area contributed by atoms with Gasteiger partial charge in [0.1, 0.15) is 0 Å². The van der Waals surface area contributed by atoms with Crippen LogP contribution >= 0.6 is 11.3 Å². The van der Waals surface area contributed by atoms with Gasteiger partial charge in [-0.3, -0.25) is 0 Å². The van der Waals surface area contributed by atoms with Crippen molar-refractivity contribution in [3.05, 3.63) is 15.6 Å². The van der Waals surface area contributed by atoms with Crippen LogP contribution in [0.1, 0.15) is 55.1 Å². The summed E-state index contributed by atoms with van der Waals surface area (Å²) in [6, 6.07) is 0. The number of nitrogens with zero attached hydrogens (tertiary/aromatic N) is 1. The predicted octanol–water partition coefficient (Wildman–Crippen LogP) is 2.85. The normalized spacial score (nSPS) is 11.6. The molecule has 2 nitrogen and oxygen atoms in total. The predicted molar refractivity (Wildman–Crippen MR) is 58.2 cm³/mol. The van der Waals surface area contributed by atoms with Gasteiger partial charge >= 0.3 is 0 Å². The van der Waals surface area contributed by atoms with Gasteiger partial charge in [-0.2, -0.15) is 0 Å². The van der Waals surface area contributed by atoms with Gasteiger partial charge in [0.05, 0.1) is 10.7 Å². The first-order valence-corrected chi connectivity index (χ1v) is 5.57. The largest absolute Gasteiger partial charge is 0.326 e. The number of hydrogen-bond acceptors (Lipinski definition) is 3. The standard InChI is InChI=1S/C10H18N2S/c1-6(2)9-8(5-11)13-10(12-9)7(3)4/h6-7H,5,11H2,1-4H3. The molecular weight excluding hydrogens is 180 g/mol. The second kappa shape index (κ2) is 4.20. The molecule has 0 unspecified atom stereocenters. The Morgan fingerprint density at radius 1 is 1.23 bits per heavy atom. The van der Waals surface area contributed by atoms with E-state index < -0.39 is 0 Å². The minimum atomic E-state index is 0.488. The molecule has 0 spiro atoms. The van der Waals surface area contributed by atoms with Gasteiger partial charge in [0.2, 0.25) is 0 Å². The second-order valence-corrected chi connectivity index (χ2v) is 4.99. The molecule has 0 saturated heterocycles. The van der Waals surface area contributed by atoms with E-state index in [2.05, 4.69) is 32.7 Å². The molecule has 0 aliphatic rings. The Hall–Kier alpha value is -0.410. The zero-order chi connectivity index (χ0) is 10.0. The molecule has 0 fully saturated rings. The highest BCUT2D eigenvalue weighted by atomic mass is 32.1. The minimum Gasteiger partial charge on any atom is -0.326 e. The van der Waals surface area contributed by atoms with Crippen molar-refractivity contribution >= 4 is 11.3 Å². The summed E-state index contributed by atoms with van der Waals surface area (Å²) in [6.07, 6.45) is 0. The van der Waals surface area contributed by atoms with Crippen molar-refractivity contribution in [2.24, 2.45) is 5.73 Å². The van der Waals surface area contributed by atoms with Gasteiger partial charge in [-0.15, -0.1) is 11.3 Å². The van der Waals surface area contributed by atoms with E-state index in [9.17, 15) is 0 Å². The van der Waals surface area contributed by atoms with E-state index in [0.717, 1.165) is 0 Å². The van der Waals surface area contributed by atoms with E-state index in [1.54, 1.807) is 11.3 Å². The van der Waals surface area contributed by atoms with Crippen molar-refractivity contribution in [1.29, 1.82) is 0 Å². The lowest BCUT2D eigenvalue weighted by molar-refractivity contribution is 0.781. The fraction of sp³-hybridized carbons (Fsp3) is 0.700. The maximum absolute atomic E-state index is 5.67. The molecule has 0 radical (unpaired) electrons. The average molecular weight is 198 g/mol. The number of aromatic nitrogens is 1. The topological polar surface area (TPSA) is 38.9 Å². The van der Waals surface area contributed by atoms with Crippen LogP contribution in [0.4, 0.5) is 0 Å². The first-order valence-electron chi connectivity index (χ1n) is 4.75. The van der Waals surface area contributed by atoms with Crippen LogP contribution in [0.5, 0.6) is 0 Å². The zero-order valence-corrected chi connectivity index (χ0v) is 9.61. The van der Waals surface area contributed by atoms with E-state index in [0.29, 0.717) is 18.4 Å². The van der Waals surface area contributed by atoms with Gasteiger partial charge in [-0.05, 0) is 5.92 Å². The van der Waals surface area contributed by atoms with Crippen LogP contribution in [0.15, 0.2) is 0 Å². The molecule has 0 saturated carbocycles. The Morgan fingerprint density at radius 2 is 1.85 bits per heavy atom. The third-order valence-corrected chi connectivity index (χ3v) is 3.36. The molecule has 74 valence electrons. The molecule has 0 atom stereocenters. The van der Waals surface area contributed by atoms with Gasteiger partial charge in [-0.1, -0.05) is 27.7 Å². The zero-order valence-electron chi connectivity index (χ0n) is 8.79. The van der Waals surface area contributed by atoms with Crippen LogP contribution in [0.25, 0.3) is 0 Å². The van der Waals surface area contributed by atoms with Crippen molar-refractivity contribution in [3.63, 3.8) is 0 Å². The van der Waals surface area contributed by atoms with Crippen molar-refractivity contribution in [2.45, 2.75) is 46.1 Å². The maximum Gasteiger partial charge on any atom is 0.0957 e. The highest BCUT2D eigenvalue weighted by Gasteiger charge is 2.14. The fourth-order valence-electron chi connectivity index (χ4n) is 1.23. The second-order valence-electron chi connectivity index (χ2n) is 3.87. The Morgan fingerprint density at radius 3 is 2.15 bits per heavy atom. The minimum absolute atomic E-state index is 0.488. The molecule has 0 aliphatic heterocycles. The molecule has 1 aromatic heterocycles. The van der Waals surface area contributed by atoms with E-state index >= 15 is 0 Å². The summed E-state index contributed by atoms with van der Waals surface area (Å²) in [7, 11) is 0. The molecule has 3 heteroatoms. The Labute approximate surface area is 84.2 Å². The number of nitrogens with two attached hydrogens (primary N) is 1. The SMILES string of the molecule is CC(C)c1nc(C(C)C)c(CN)s1. The molecule has 1 aromatic rings. The van der Waals surface area contributed by atoms with Gasteiger partial charge < -0.3 is 5.73 Å². The molecular formula is C10H18N2S. The van der Waals surface area contributed by atoms with Crippen LogP contribution in [0.3, 0.4) is 0 Å². The quantitative estimate of drug-likeness (QED) is 0.811. The summed E-state index contributed by atoms with van der Waals surface area (Å²) < 4.78 is 0. The van der Waals surface area contributed by atoms with Crippen molar-refractivity contribution in [2.75, 3.05) is 0 Å². The van der Waals surface area contributed by atoms with E-state index in [-0.39, 0.29) is 0 Å². The molecule has 0 bridgehead atoms. The Bertz CT molecular complexity index is 276. The fourth-order valence-corrected chi connectivity index (χ4v) is 2.33. The van der Waals surface area contributed by atoms with Gasteiger partial charge in [0.25, 0.3) is 0 Å². The summed E-state index contributed by atoms with van der Waals surface area (Å²) in [5, 5.41) is 1.21. The molecule has 1 rings (SSSR count). The third kappa shape index (κ3) is 2.29. The lowest BCUT2D eigenvalue weighted by Crippen LogP contribution is -1.99.